The van der Waals surface area contributed by atoms with Gasteiger partial charge in [-0.05, 0) is 30.5 Å². The molecule has 0 aliphatic heterocycles. The van der Waals surface area contributed by atoms with Crippen molar-refractivity contribution in [2.24, 2.45) is 0 Å². The van der Waals surface area contributed by atoms with E-state index < -0.39 is 23.3 Å². The van der Waals surface area contributed by atoms with E-state index >= 15 is 0 Å². The van der Waals surface area contributed by atoms with Crippen molar-refractivity contribution in [3.63, 3.8) is 0 Å². The van der Waals surface area contributed by atoms with Crippen LogP contribution in [-0.2, 0) is 6.54 Å². The van der Waals surface area contributed by atoms with Crippen molar-refractivity contribution in [3.8, 4) is 0 Å². The number of halogens is 5. The summed E-state index contributed by atoms with van der Waals surface area (Å²) in [5.41, 5.74) is -1.54. The summed E-state index contributed by atoms with van der Waals surface area (Å²) in [6.45, 7) is -0.128. The van der Waals surface area contributed by atoms with E-state index in [9.17, 15) is 22.0 Å². The Morgan fingerprint density at radius 1 is 1.12 bits per heavy atom. The molecule has 1 saturated carbocycles. The molecule has 0 atom stereocenters. The summed E-state index contributed by atoms with van der Waals surface area (Å²) in [5, 5.41) is 2.36. The van der Waals surface area contributed by atoms with E-state index in [-0.39, 0.29) is 19.4 Å². The van der Waals surface area contributed by atoms with E-state index in [0.717, 1.165) is 12.1 Å². The van der Waals surface area contributed by atoms with E-state index in [1.807, 2.05) is 0 Å². The summed E-state index contributed by atoms with van der Waals surface area (Å²) in [6, 6.07) is 3.06. The lowest BCUT2D eigenvalue weighted by atomic mass is 10.2. The molecule has 1 nitrogen and oxygen atoms in total. The average molecular weight is 251 g/mol. The van der Waals surface area contributed by atoms with Crippen LogP contribution in [0.4, 0.5) is 22.0 Å². The molecule has 1 fully saturated rings. The fourth-order valence-electron chi connectivity index (χ4n) is 1.61. The number of hydrogen-bond acceptors (Lipinski definition) is 1. The van der Waals surface area contributed by atoms with Crippen LogP contribution in [0.25, 0.3) is 0 Å². The molecule has 0 amide bonds. The fourth-order valence-corrected chi connectivity index (χ4v) is 1.61. The van der Waals surface area contributed by atoms with Gasteiger partial charge in [-0.1, -0.05) is 6.07 Å². The SMILES string of the molecule is Fc1ccc(CNC2(C(F)(F)F)CC2)cc1F. The largest absolute Gasteiger partial charge is 0.406 e. The van der Waals surface area contributed by atoms with Gasteiger partial charge in [-0.25, -0.2) is 8.78 Å². The number of nitrogens with one attached hydrogen (secondary N) is 1. The number of rotatable bonds is 3. The minimum atomic E-state index is -4.30. The maximum Gasteiger partial charge on any atom is 0.406 e. The van der Waals surface area contributed by atoms with Crippen molar-refractivity contribution < 1.29 is 22.0 Å². The normalized spacial score (nSPS) is 18.2. The van der Waals surface area contributed by atoms with Gasteiger partial charge in [-0.3, -0.25) is 5.32 Å². The minimum Gasteiger partial charge on any atom is -0.299 e. The van der Waals surface area contributed by atoms with Crippen LogP contribution in [0.15, 0.2) is 18.2 Å². The summed E-state index contributed by atoms with van der Waals surface area (Å²) in [7, 11) is 0. The highest BCUT2D eigenvalue weighted by Gasteiger charge is 2.62. The van der Waals surface area contributed by atoms with Gasteiger partial charge in [-0.2, -0.15) is 13.2 Å². The lowest BCUT2D eigenvalue weighted by Gasteiger charge is -2.20. The highest BCUT2D eigenvalue weighted by atomic mass is 19.4. The Hall–Kier alpha value is -1.17. The summed E-state index contributed by atoms with van der Waals surface area (Å²) in [4.78, 5) is 0. The summed E-state index contributed by atoms with van der Waals surface area (Å²) >= 11 is 0. The van der Waals surface area contributed by atoms with E-state index in [1.165, 1.54) is 6.07 Å². The van der Waals surface area contributed by atoms with Crippen LogP contribution >= 0.6 is 0 Å². The molecule has 1 aliphatic rings. The van der Waals surface area contributed by atoms with Crippen molar-refractivity contribution >= 4 is 0 Å². The van der Waals surface area contributed by atoms with Gasteiger partial charge in [0.1, 0.15) is 5.54 Å². The van der Waals surface area contributed by atoms with Crippen molar-refractivity contribution in [2.45, 2.75) is 31.1 Å². The maximum absolute atomic E-state index is 12.8. The number of alkyl halides is 3. The van der Waals surface area contributed by atoms with Crippen LogP contribution in [0, 0.1) is 11.6 Å². The van der Waals surface area contributed by atoms with Crippen LogP contribution in [-0.4, -0.2) is 11.7 Å². The van der Waals surface area contributed by atoms with Gasteiger partial charge in [0.05, 0.1) is 0 Å². The van der Waals surface area contributed by atoms with Crippen molar-refractivity contribution in [2.75, 3.05) is 0 Å². The predicted octanol–water partition coefficient (Wildman–Crippen LogP) is 3.15. The van der Waals surface area contributed by atoms with Gasteiger partial charge < -0.3 is 0 Å². The van der Waals surface area contributed by atoms with Crippen molar-refractivity contribution in [1.82, 2.24) is 5.32 Å². The zero-order valence-corrected chi connectivity index (χ0v) is 8.74. The third kappa shape index (κ3) is 2.41. The average Bonchev–Trinajstić information content (AvgIpc) is 3.00. The summed E-state index contributed by atoms with van der Waals surface area (Å²) in [6.07, 6.45) is -4.24. The molecule has 94 valence electrons. The van der Waals surface area contributed by atoms with Crippen LogP contribution in [0.5, 0.6) is 0 Å². The molecule has 0 unspecified atom stereocenters. The Balaban J connectivity index is 2.01. The topological polar surface area (TPSA) is 12.0 Å². The standard InChI is InChI=1S/C11H10F5N/c12-8-2-1-7(5-9(8)13)6-17-10(3-4-10)11(14,15)16/h1-2,5,17H,3-4,6H2. The first-order valence-electron chi connectivity index (χ1n) is 5.10. The monoisotopic (exact) mass is 251 g/mol. The number of benzene rings is 1. The maximum atomic E-state index is 12.8. The van der Waals surface area contributed by atoms with Crippen molar-refractivity contribution in [1.29, 1.82) is 0 Å². The molecular weight excluding hydrogens is 241 g/mol. The highest BCUT2D eigenvalue weighted by Crippen LogP contribution is 2.49. The Kier molecular flexibility index (Phi) is 2.85. The first kappa shape index (κ1) is 12.3. The minimum absolute atomic E-state index is 0.0280. The lowest BCUT2D eigenvalue weighted by Crippen LogP contribution is -2.44. The summed E-state index contributed by atoms with van der Waals surface area (Å²) in [5.74, 6) is -2.06. The third-order valence-corrected chi connectivity index (χ3v) is 2.91. The van der Waals surface area contributed by atoms with Crippen LogP contribution in [0.2, 0.25) is 0 Å². The molecule has 1 aromatic rings. The zero-order chi connectivity index (χ0) is 12.7. The summed E-state index contributed by atoms with van der Waals surface area (Å²) < 4.78 is 63.1. The van der Waals surface area contributed by atoms with Gasteiger partial charge in [-0.15, -0.1) is 0 Å². The molecule has 1 aromatic carbocycles. The molecule has 17 heavy (non-hydrogen) atoms. The Morgan fingerprint density at radius 3 is 2.24 bits per heavy atom. The Morgan fingerprint density at radius 2 is 1.76 bits per heavy atom. The molecule has 1 aliphatic carbocycles. The molecule has 1 N–H and O–H groups in total. The van der Waals surface area contributed by atoms with Crippen LogP contribution in [0.1, 0.15) is 18.4 Å². The molecule has 2 rings (SSSR count). The molecule has 0 spiro atoms. The van der Waals surface area contributed by atoms with Gasteiger partial charge in [0, 0.05) is 6.54 Å². The molecule has 0 heterocycles. The molecule has 0 bridgehead atoms. The van der Waals surface area contributed by atoms with E-state index in [2.05, 4.69) is 5.32 Å². The predicted molar refractivity (Wildman–Crippen MR) is 51.2 cm³/mol. The third-order valence-electron chi connectivity index (χ3n) is 2.91. The van der Waals surface area contributed by atoms with E-state index in [0.29, 0.717) is 5.56 Å². The van der Waals surface area contributed by atoms with E-state index in [1.54, 1.807) is 0 Å². The van der Waals surface area contributed by atoms with Gasteiger partial charge in [0.25, 0.3) is 0 Å². The second-order valence-electron chi connectivity index (χ2n) is 4.18. The smallest absolute Gasteiger partial charge is 0.299 e. The Labute approximate surface area is 94.6 Å². The molecular formula is C11H10F5N. The quantitative estimate of drug-likeness (QED) is 0.814. The highest BCUT2D eigenvalue weighted by molar-refractivity contribution is 5.19. The van der Waals surface area contributed by atoms with Crippen LogP contribution < -0.4 is 5.32 Å². The molecule has 0 aromatic heterocycles. The van der Waals surface area contributed by atoms with Crippen LogP contribution in [0.3, 0.4) is 0 Å². The van der Waals surface area contributed by atoms with Crippen molar-refractivity contribution in [3.05, 3.63) is 35.4 Å². The van der Waals surface area contributed by atoms with E-state index in [4.69, 9.17) is 0 Å². The van der Waals surface area contributed by atoms with Gasteiger partial charge in [0.2, 0.25) is 0 Å². The Bertz CT molecular complexity index is 422. The molecule has 6 heteroatoms. The first-order chi connectivity index (χ1) is 7.84. The number of hydrogen-bond donors (Lipinski definition) is 1. The fraction of sp³-hybridized carbons (Fsp3) is 0.455. The molecule has 0 radical (unpaired) electrons. The van der Waals surface area contributed by atoms with Gasteiger partial charge >= 0.3 is 6.18 Å². The van der Waals surface area contributed by atoms with Gasteiger partial charge in [0.15, 0.2) is 11.6 Å². The second kappa shape index (κ2) is 3.94. The second-order valence-corrected chi connectivity index (χ2v) is 4.18. The lowest BCUT2D eigenvalue weighted by molar-refractivity contribution is -0.166. The first-order valence-corrected chi connectivity index (χ1v) is 5.10. The molecule has 0 saturated heterocycles. The zero-order valence-electron chi connectivity index (χ0n) is 8.74.